The van der Waals surface area contributed by atoms with Crippen molar-refractivity contribution in [2.24, 2.45) is 17.6 Å². The Balaban J connectivity index is 1.31. The fourth-order valence-corrected chi connectivity index (χ4v) is 6.09. The molecular weight excluding hydrogens is 469 g/mol. The van der Waals surface area contributed by atoms with E-state index in [1.807, 2.05) is 6.07 Å². The van der Waals surface area contributed by atoms with Crippen molar-refractivity contribution in [2.45, 2.75) is 74.6 Å². The molecule has 2 amide bonds. The van der Waals surface area contributed by atoms with Crippen molar-refractivity contribution in [3.63, 3.8) is 0 Å². The van der Waals surface area contributed by atoms with Gasteiger partial charge < -0.3 is 15.4 Å². The Morgan fingerprint density at radius 3 is 2.46 bits per heavy atom. The molecule has 4 heterocycles. The summed E-state index contributed by atoms with van der Waals surface area (Å²) < 4.78 is 43.3. The van der Waals surface area contributed by atoms with Gasteiger partial charge in [-0.1, -0.05) is 0 Å². The number of likely N-dealkylation sites (tertiary alicyclic amines) is 1. The average Bonchev–Trinajstić information content (AvgIpc) is 3.33. The van der Waals surface area contributed by atoms with E-state index in [9.17, 15) is 32.8 Å². The number of amides is 2. The van der Waals surface area contributed by atoms with Crippen LogP contribution in [-0.4, -0.2) is 73.6 Å². The summed E-state index contributed by atoms with van der Waals surface area (Å²) in [7, 11) is 0. The van der Waals surface area contributed by atoms with Crippen LogP contribution in [0.5, 0.6) is 0 Å². The van der Waals surface area contributed by atoms with Gasteiger partial charge >= 0.3 is 12.1 Å². The predicted molar refractivity (Wildman–Crippen MR) is 110 cm³/mol. The van der Waals surface area contributed by atoms with Gasteiger partial charge in [0, 0.05) is 36.8 Å². The molecule has 4 fully saturated rings. The van der Waals surface area contributed by atoms with Crippen molar-refractivity contribution in [1.82, 2.24) is 19.8 Å². The quantitative estimate of drug-likeness (QED) is 0.617. The largest absolute Gasteiger partial charge is 0.491 e. The lowest BCUT2D eigenvalue weighted by Gasteiger charge is -2.42. The van der Waals surface area contributed by atoms with Crippen LogP contribution in [0, 0.1) is 23.2 Å². The standard InChI is InChI=1S/C22H23F3N6O4/c23-22(24,25)20(34)35-21-8-12(21)7-15(9-26)31(21)19(33)17(27)11-5-13-1-2-14(6-11)30(13)18(32)16-10-28-3-4-29-16/h3-4,10-15,17H,1-2,5-8,27H2/t11?,12-,13?,14?,15+,17-,21+/m0/s1. The Hall–Kier alpha value is -3.27. The highest BCUT2D eigenvalue weighted by molar-refractivity contribution is 5.93. The summed E-state index contributed by atoms with van der Waals surface area (Å²) in [4.78, 5) is 48.7. The molecule has 35 heavy (non-hydrogen) atoms. The van der Waals surface area contributed by atoms with E-state index in [2.05, 4.69) is 9.97 Å². The van der Waals surface area contributed by atoms with Crippen molar-refractivity contribution >= 4 is 17.8 Å². The number of carbonyl (C=O) groups excluding carboxylic acids is 3. The van der Waals surface area contributed by atoms with Crippen molar-refractivity contribution in [3.05, 3.63) is 24.3 Å². The van der Waals surface area contributed by atoms with Crippen LogP contribution in [0.4, 0.5) is 13.2 Å². The van der Waals surface area contributed by atoms with Gasteiger partial charge in [0.2, 0.25) is 5.91 Å². The molecular formula is C22H23F3N6O4. The molecule has 4 aliphatic rings. The zero-order chi connectivity index (χ0) is 25.1. The first-order valence-corrected chi connectivity index (χ1v) is 11.4. The van der Waals surface area contributed by atoms with Gasteiger partial charge in [0.1, 0.15) is 11.7 Å². The van der Waals surface area contributed by atoms with Crippen LogP contribution in [0.1, 0.15) is 49.0 Å². The lowest BCUT2D eigenvalue weighted by Crippen LogP contribution is -2.58. The van der Waals surface area contributed by atoms with E-state index in [0.717, 1.165) is 17.7 Å². The number of esters is 1. The maximum absolute atomic E-state index is 13.4. The van der Waals surface area contributed by atoms with Gasteiger partial charge in [-0.3, -0.25) is 19.5 Å². The fraction of sp³-hybridized carbons (Fsp3) is 0.636. The third-order valence-electron chi connectivity index (χ3n) is 7.71. The number of carbonyl (C=O) groups is 3. The maximum atomic E-state index is 13.4. The topological polar surface area (TPSA) is 143 Å². The molecule has 0 spiro atoms. The van der Waals surface area contributed by atoms with Crippen LogP contribution < -0.4 is 5.73 Å². The molecule has 0 aromatic carbocycles. The number of halogens is 3. The molecule has 1 aromatic heterocycles. The van der Waals surface area contributed by atoms with Crippen molar-refractivity contribution in [2.75, 3.05) is 0 Å². The summed E-state index contributed by atoms with van der Waals surface area (Å²) >= 11 is 0. The molecule has 2 bridgehead atoms. The summed E-state index contributed by atoms with van der Waals surface area (Å²) in [6, 6.07) is -0.528. The predicted octanol–water partition coefficient (Wildman–Crippen LogP) is 1.13. The van der Waals surface area contributed by atoms with E-state index in [0.29, 0.717) is 12.8 Å². The highest BCUT2D eigenvalue weighted by atomic mass is 19.4. The third kappa shape index (κ3) is 3.80. The molecule has 2 N–H and O–H groups in total. The number of fused-ring (bicyclic) bond motifs is 3. The van der Waals surface area contributed by atoms with E-state index in [4.69, 9.17) is 10.5 Å². The highest BCUT2D eigenvalue weighted by Gasteiger charge is 2.72. The second-order valence-electron chi connectivity index (χ2n) is 9.67. The zero-order valence-electron chi connectivity index (χ0n) is 18.5. The Kier molecular flexibility index (Phi) is 5.47. The van der Waals surface area contributed by atoms with Crippen LogP contribution in [0.2, 0.25) is 0 Å². The number of nitrogens with two attached hydrogens (primary N) is 1. The zero-order valence-corrected chi connectivity index (χ0v) is 18.5. The molecule has 2 unspecified atom stereocenters. The van der Waals surface area contributed by atoms with Crippen LogP contribution in [0.25, 0.3) is 0 Å². The Bertz CT molecular complexity index is 1080. The van der Waals surface area contributed by atoms with Crippen LogP contribution in [0.3, 0.4) is 0 Å². The summed E-state index contributed by atoms with van der Waals surface area (Å²) in [5.74, 6) is -4.22. The molecule has 0 radical (unpaired) electrons. The number of rotatable bonds is 4. The molecule has 1 aliphatic carbocycles. The lowest BCUT2D eigenvalue weighted by atomic mass is 9.84. The third-order valence-corrected chi connectivity index (χ3v) is 7.71. The van der Waals surface area contributed by atoms with Gasteiger partial charge in [-0.25, -0.2) is 9.78 Å². The van der Waals surface area contributed by atoms with Gasteiger partial charge in [0.25, 0.3) is 5.91 Å². The minimum absolute atomic E-state index is 0.0434. The summed E-state index contributed by atoms with van der Waals surface area (Å²) in [5, 5.41) is 9.52. The van der Waals surface area contributed by atoms with Crippen molar-refractivity contribution in [1.29, 1.82) is 5.26 Å². The first kappa shape index (κ1) is 23.5. The van der Waals surface area contributed by atoms with E-state index in [1.54, 1.807) is 4.90 Å². The first-order valence-electron chi connectivity index (χ1n) is 11.4. The van der Waals surface area contributed by atoms with Gasteiger partial charge in [-0.05, 0) is 38.0 Å². The molecule has 1 saturated carbocycles. The molecule has 10 nitrogen and oxygen atoms in total. The number of alkyl halides is 3. The number of ether oxygens (including phenoxy) is 1. The molecule has 3 aliphatic heterocycles. The number of nitriles is 1. The van der Waals surface area contributed by atoms with E-state index in [1.165, 1.54) is 18.6 Å². The van der Waals surface area contributed by atoms with Gasteiger partial charge in [0.05, 0.1) is 18.3 Å². The maximum Gasteiger partial charge on any atom is 0.491 e. The molecule has 1 aromatic rings. The number of aromatic nitrogens is 2. The smallest absolute Gasteiger partial charge is 0.432 e. The first-order chi connectivity index (χ1) is 16.6. The van der Waals surface area contributed by atoms with E-state index >= 15 is 0 Å². The SMILES string of the molecule is N#C[C@H]1C[C@H]2C[C@]2(OC(=O)C(F)(F)F)N1C(=O)[C@@H](N)C1CC2CCC(C1)N2C(=O)c1cnccn1. The molecule has 3 saturated heterocycles. The fourth-order valence-electron chi connectivity index (χ4n) is 6.09. The summed E-state index contributed by atoms with van der Waals surface area (Å²) in [6.45, 7) is 0. The van der Waals surface area contributed by atoms with Gasteiger partial charge in [0.15, 0.2) is 5.72 Å². The molecule has 5 rings (SSSR count). The second kappa shape index (κ2) is 8.15. The highest BCUT2D eigenvalue weighted by Crippen LogP contribution is 2.59. The Labute approximate surface area is 198 Å². The Morgan fingerprint density at radius 1 is 1.20 bits per heavy atom. The number of hydrogen-bond donors (Lipinski definition) is 1. The number of nitrogens with zero attached hydrogens (tertiary/aromatic N) is 5. The van der Waals surface area contributed by atoms with E-state index < -0.39 is 41.8 Å². The van der Waals surface area contributed by atoms with Crippen molar-refractivity contribution in [3.8, 4) is 6.07 Å². The van der Waals surface area contributed by atoms with Crippen LogP contribution in [0.15, 0.2) is 18.6 Å². The molecule has 13 heteroatoms. The summed E-state index contributed by atoms with van der Waals surface area (Å²) in [6.07, 6.45) is 1.57. The number of hydrogen-bond acceptors (Lipinski definition) is 8. The Morgan fingerprint density at radius 2 is 1.89 bits per heavy atom. The number of piperidine rings is 2. The normalized spacial score (nSPS) is 34.1. The van der Waals surface area contributed by atoms with E-state index in [-0.39, 0.29) is 42.4 Å². The summed E-state index contributed by atoms with van der Waals surface area (Å²) in [5.41, 5.74) is 4.79. The molecule has 6 atom stereocenters. The van der Waals surface area contributed by atoms with Gasteiger partial charge in [-0.2, -0.15) is 18.4 Å². The van der Waals surface area contributed by atoms with Gasteiger partial charge in [-0.15, -0.1) is 0 Å². The van der Waals surface area contributed by atoms with Crippen molar-refractivity contribution < 1.29 is 32.3 Å². The molecule has 186 valence electrons. The monoisotopic (exact) mass is 492 g/mol. The minimum atomic E-state index is -5.22. The van der Waals surface area contributed by atoms with Crippen LogP contribution >= 0.6 is 0 Å². The minimum Gasteiger partial charge on any atom is -0.432 e. The van der Waals surface area contributed by atoms with Crippen LogP contribution in [-0.2, 0) is 14.3 Å². The lowest BCUT2D eigenvalue weighted by molar-refractivity contribution is -0.217. The average molecular weight is 492 g/mol. The second-order valence-corrected chi connectivity index (χ2v) is 9.67.